The Balaban J connectivity index is 1.85. The number of aromatic nitrogens is 2. The average Bonchev–Trinajstić information content (AvgIpc) is 2.73. The molecular weight excluding hydrogens is 516 g/mol. The Morgan fingerprint density at radius 1 is 1.16 bits per heavy atom. The molecule has 0 fully saturated rings. The maximum Gasteiger partial charge on any atom is 0.263 e. The topological polar surface area (TPSA) is 105 Å². The first-order chi connectivity index (χ1) is 15.0. The van der Waals surface area contributed by atoms with Crippen LogP contribution in [0.25, 0.3) is 0 Å². The first-order valence-electron chi connectivity index (χ1n) is 9.60. The van der Waals surface area contributed by atoms with Crippen molar-refractivity contribution in [3.63, 3.8) is 0 Å². The number of nitrogens with one attached hydrogen (secondary N) is 1. The quantitative estimate of drug-likeness (QED) is 0.248. The number of anilines is 1. The van der Waals surface area contributed by atoms with Crippen molar-refractivity contribution < 1.29 is 13.6 Å². The minimum Gasteiger partial charge on any atom is -0.411 e. The van der Waals surface area contributed by atoms with E-state index in [1.165, 1.54) is 6.07 Å². The van der Waals surface area contributed by atoms with Gasteiger partial charge in [-0.05, 0) is 57.2 Å². The first kappa shape index (κ1) is 24.2. The molecule has 0 bridgehead atoms. The fourth-order valence-electron chi connectivity index (χ4n) is 2.92. The largest absolute Gasteiger partial charge is 0.411 e. The maximum atomic E-state index is 12.8. The zero-order valence-corrected chi connectivity index (χ0v) is 20.8. The molecule has 0 atom stereocenters. The van der Waals surface area contributed by atoms with Gasteiger partial charge in [-0.15, -0.1) is 0 Å². The summed E-state index contributed by atoms with van der Waals surface area (Å²) in [7, 11) is -3.85. The van der Waals surface area contributed by atoms with Crippen LogP contribution < -0.4 is 4.72 Å². The number of oxime groups is 1. The van der Waals surface area contributed by atoms with Crippen molar-refractivity contribution in [1.29, 1.82) is 0 Å². The van der Waals surface area contributed by atoms with Gasteiger partial charge in [0.25, 0.3) is 10.0 Å². The summed E-state index contributed by atoms with van der Waals surface area (Å²) in [6.45, 7) is 6.17. The highest BCUT2D eigenvalue weighted by Gasteiger charge is 2.19. The summed E-state index contributed by atoms with van der Waals surface area (Å²) in [5.41, 5.74) is 2.15. The summed E-state index contributed by atoms with van der Waals surface area (Å²) in [5, 5.41) is 13.1. The highest BCUT2D eigenvalue weighted by atomic mass is 79.9. The average molecular weight is 538 g/mol. The molecule has 1 aromatic carbocycles. The van der Waals surface area contributed by atoms with Crippen molar-refractivity contribution in [3.05, 3.63) is 81.2 Å². The fourth-order valence-corrected chi connectivity index (χ4v) is 4.46. The molecule has 32 heavy (non-hydrogen) atoms. The van der Waals surface area contributed by atoms with Crippen LogP contribution in [0.5, 0.6) is 0 Å². The Hall–Kier alpha value is -2.49. The molecule has 2 aromatic heterocycles. The molecule has 168 valence electrons. The van der Waals surface area contributed by atoms with Gasteiger partial charge in [0.15, 0.2) is 0 Å². The zero-order chi connectivity index (χ0) is 23.5. The van der Waals surface area contributed by atoms with E-state index in [2.05, 4.69) is 56.5 Å². The molecule has 2 heterocycles. The number of rotatable bonds is 6. The molecule has 0 aliphatic carbocycles. The second-order valence-corrected chi connectivity index (χ2v) is 11.1. The molecule has 10 heteroatoms. The SMILES string of the molecule is CC(C)(C)c1ccc(S(=O)(=O)Nc2ccc(Cl)c(C/C(=N\O)c3cncc(Br)c3)n2)cc1. The first-order valence-corrected chi connectivity index (χ1v) is 12.3. The minimum atomic E-state index is -3.85. The van der Waals surface area contributed by atoms with Crippen LogP contribution in [0.15, 0.2) is 69.4 Å². The van der Waals surface area contributed by atoms with Crippen LogP contribution in [0.1, 0.15) is 37.6 Å². The highest BCUT2D eigenvalue weighted by Crippen LogP contribution is 2.25. The van der Waals surface area contributed by atoms with Gasteiger partial charge in [-0.3, -0.25) is 9.71 Å². The molecule has 0 aliphatic heterocycles. The number of hydrogen-bond donors (Lipinski definition) is 2. The normalized spacial score (nSPS) is 12.6. The molecule has 0 amide bonds. The Labute approximate surface area is 200 Å². The van der Waals surface area contributed by atoms with E-state index in [1.807, 2.05) is 0 Å². The fraction of sp³-hybridized carbons (Fsp3) is 0.227. The lowest BCUT2D eigenvalue weighted by Gasteiger charge is -2.19. The Bertz CT molecular complexity index is 1260. The second kappa shape index (κ2) is 9.56. The summed E-state index contributed by atoms with van der Waals surface area (Å²) in [6, 6.07) is 11.5. The van der Waals surface area contributed by atoms with Gasteiger partial charge in [0.05, 0.1) is 21.3 Å². The van der Waals surface area contributed by atoms with Crippen molar-refractivity contribution in [2.75, 3.05) is 4.72 Å². The van der Waals surface area contributed by atoms with Gasteiger partial charge in [-0.2, -0.15) is 0 Å². The van der Waals surface area contributed by atoms with E-state index in [0.29, 0.717) is 20.8 Å². The van der Waals surface area contributed by atoms with Gasteiger partial charge in [-0.25, -0.2) is 13.4 Å². The number of pyridine rings is 2. The van der Waals surface area contributed by atoms with Crippen molar-refractivity contribution in [2.45, 2.75) is 37.5 Å². The van der Waals surface area contributed by atoms with Crippen LogP contribution >= 0.6 is 27.5 Å². The molecule has 0 unspecified atom stereocenters. The van der Waals surface area contributed by atoms with Gasteiger partial charge >= 0.3 is 0 Å². The maximum absolute atomic E-state index is 12.8. The molecule has 0 radical (unpaired) electrons. The van der Waals surface area contributed by atoms with Crippen LogP contribution in [-0.2, 0) is 21.9 Å². The summed E-state index contributed by atoms with van der Waals surface area (Å²) < 4.78 is 28.9. The molecule has 0 saturated carbocycles. The molecule has 3 aromatic rings. The molecule has 0 spiro atoms. The lowest BCUT2D eigenvalue weighted by atomic mass is 9.87. The van der Waals surface area contributed by atoms with Crippen LogP contribution in [0.4, 0.5) is 5.82 Å². The smallest absolute Gasteiger partial charge is 0.263 e. The third-order valence-electron chi connectivity index (χ3n) is 4.68. The number of hydrogen-bond acceptors (Lipinski definition) is 6. The minimum absolute atomic E-state index is 0.0727. The van der Waals surface area contributed by atoms with Crippen LogP contribution in [0, 0.1) is 0 Å². The molecule has 2 N–H and O–H groups in total. The van der Waals surface area contributed by atoms with Gasteiger partial charge in [-0.1, -0.05) is 49.7 Å². The molecule has 3 rings (SSSR count). The Morgan fingerprint density at radius 3 is 2.44 bits per heavy atom. The standard InChI is InChI=1S/C22H22BrClN4O3S/c1-22(2,3)15-4-6-17(7-5-15)32(30,31)28-21-9-8-18(24)20(26-21)11-19(27-29)14-10-16(23)13-25-12-14/h4-10,12-13,29H,11H2,1-3H3,(H,26,28)/b27-19+. The van der Waals surface area contributed by atoms with Crippen LogP contribution in [-0.4, -0.2) is 29.3 Å². The molecule has 0 aliphatic rings. The summed E-state index contributed by atoms with van der Waals surface area (Å²) in [5.74, 6) is 0.106. The summed E-state index contributed by atoms with van der Waals surface area (Å²) in [4.78, 5) is 8.51. The second-order valence-electron chi connectivity index (χ2n) is 8.12. The zero-order valence-electron chi connectivity index (χ0n) is 17.7. The number of nitrogens with zero attached hydrogens (tertiary/aromatic N) is 3. The van der Waals surface area contributed by atoms with E-state index in [0.717, 1.165) is 5.56 Å². The van der Waals surface area contributed by atoms with Gasteiger partial charge < -0.3 is 5.21 Å². The molecule has 0 saturated heterocycles. The van der Waals surface area contributed by atoms with Crippen molar-refractivity contribution in [2.24, 2.45) is 5.16 Å². The number of sulfonamides is 1. The van der Waals surface area contributed by atoms with E-state index in [4.69, 9.17) is 11.6 Å². The van der Waals surface area contributed by atoms with Crippen LogP contribution in [0.3, 0.4) is 0 Å². The number of benzene rings is 1. The third kappa shape index (κ3) is 5.85. The monoisotopic (exact) mass is 536 g/mol. The van der Waals surface area contributed by atoms with E-state index >= 15 is 0 Å². The van der Waals surface area contributed by atoms with E-state index < -0.39 is 10.0 Å². The Morgan fingerprint density at radius 2 is 1.84 bits per heavy atom. The van der Waals surface area contributed by atoms with Gasteiger partial charge in [0.1, 0.15) is 5.82 Å². The predicted octanol–water partition coefficient (Wildman–Crippen LogP) is 5.41. The summed E-state index contributed by atoms with van der Waals surface area (Å²) >= 11 is 9.59. The predicted molar refractivity (Wildman–Crippen MR) is 129 cm³/mol. The summed E-state index contributed by atoms with van der Waals surface area (Å²) in [6.07, 6.45) is 3.22. The van der Waals surface area contributed by atoms with Crippen molar-refractivity contribution in [3.8, 4) is 0 Å². The Kier molecular flexibility index (Phi) is 7.22. The van der Waals surface area contributed by atoms with E-state index in [1.54, 1.807) is 48.8 Å². The van der Waals surface area contributed by atoms with E-state index in [-0.39, 0.29) is 28.3 Å². The highest BCUT2D eigenvalue weighted by molar-refractivity contribution is 9.10. The molecular formula is C22H22BrClN4O3S. The lowest BCUT2D eigenvalue weighted by Crippen LogP contribution is -2.16. The van der Waals surface area contributed by atoms with Gasteiger partial charge in [0, 0.05) is 28.9 Å². The van der Waals surface area contributed by atoms with Crippen molar-refractivity contribution >= 4 is 49.1 Å². The number of halogens is 2. The van der Waals surface area contributed by atoms with E-state index in [9.17, 15) is 13.6 Å². The lowest BCUT2D eigenvalue weighted by molar-refractivity contribution is 0.318. The molecule has 7 nitrogen and oxygen atoms in total. The van der Waals surface area contributed by atoms with Crippen molar-refractivity contribution in [1.82, 2.24) is 9.97 Å². The van der Waals surface area contributed by atoms with Gasteiger partial charge in [0.2, 0.25) is 0 Å². The van der Waals surface area contributed by atoms with Crippen LogP contribution in [0.2, 0.25) is 5.02 Å². The third-order valence-corrected chi connectivity index (χ3v) is 6.83.